The highest BCUT2D eigenvalue weighted by Gasteiger charge is 2.14. The van der Waals surface area contributed by atoms with Crippen molar-refractivity contribution in [3.05, 3.63) is 49.6 Å². The van der Waals surface area contributed by atoms with Crippen LogP contribution in [0.1, 0.15) is 15.2 Å². The fourth-order valence-electron chi connectivity index (χ4n) is 1.60. The van der Waals surface area contributed by atoms with Gasteiger partial charge in [0.25, 0.3) is 5.91 Å². The van der Waals surface area contributed by atoms with Crippen LogP contribution in [0.25, 0.3) is 0 Å². The molecular weight excluding hydrogens is 350 g/mol. The summed E-state index contributed by atoms with van der Waals surface area (Å²) in [4.78, 5) is 14.9. The van der Waals surface area contributed by atoms with Crippen molar-refractivity contribution < 1.29 is 9.90 Å². The molecule has 1 aromatic carbocycles. The molecule has 0 spiro atoms. The summed E-state index contributed by atoms with van der Waals surface area (Å²) in [5.74, 6) is -0.158. The van der Waals surface area contributed by atoms with Crippen molar-refractivity contribution in [3.8, 4) is 5.75 Å². The molecule has 1 heterocycles. The lowest BCUT2D eigenvalue weighted by Gasteiger charge is -2.16. The lowest BCUT2D eigenvalue weighted by Crippen LogP contribution is -2.25. The molecule has 6 heteroatoms. The third kappa shape index (κ3) is 3.49. The number of carbonyl (C=O) groups is 1. The molecule has 0 radical (unpaired) electrons. The van der Waals surface area contributed by atoms with E-state index in [4.69, 9.17) is 11.6 Å². The maximum absolute atomic E-state index is 12.2. The summed E-state index contributed by atoms with van der Waals surface area (Å²) in [6, 6.07) is 6.44. The number of aromatic hydroxyl groups is 1. The number of benzene rings is 1. The van der Waals surface area contributed by atoms with E-state index in [9.17, 15) is 9.90 Å². The predicted octanol–water partition coefficient (Wildman–Crippen LogP) is 4.14. The van der Waals surface area contributed by atoms with Gasteiger partial charge in [0, 0.05) is 27.3 Å². The Morgan fingerprint density at radius 3 is 2.79 bits per heavy atom. The minimum absolute atomic E-state index is 0.0249. The van der Waals surface area contributed by atoms with E-state index in [1.807, 2.05) is 11.4 Å². The van der Waals surface area contributed by atoms with Gasteiger partial charge < -0.3 is 10.0 Å². The summed E-state index contributed by atoms with van der Waals surface area (Å²) >= 11 is 10.8. The Labute approximate surface area is 128 Å². The number of phenols is 1. The lowest BCUT2D eigenvalue weighted by atomic mass is 10.2. The van der Waals surface area contributed by atoms with Gasteiger partial charge in [-0.1, -0.05) is 11.6 Å². The zero-order valence-electron chi connectivity index (χ0n) is 10.1. The second kappa shape index (κ2) is 5.94. The third-order valence-corrected chi connectivity index (χ3v) is 4.54. The van der Waals surface area contributed by atoms with Crippen molar-refractivity contribution in [3.63, 3.8) is 0 Å². The second-order valence-electron chi connectivity index (χ2n) is 4.06. The number of hydrogen-bond acceptors (Lipinski definition) is 3. The largest absolute Gasteiger partial charge is 0.506 e. The van der Waals surface area contributed by atoms with Gasteiger partial charge in [0.2, 0.25) is 0 Å². The Kier molecular flexibility index (Phi) is 4.50. The summed E-state index contributed by atoms with van der Waals surface area (Å²) in [5, 5.41) is 11.5. The fraction of sp³-hybridized carbons (Fsp3) is 0.154. The molecule has 3 nitrogen and oxygen atoms in total. The Balaban J connectivity index is 2.12. The van der Waals surface area contributed by atoms with Gasteiger partial charge in [0.05, 0.1) is 11.6 Å². The Morgan fingerprint density at radius 2 is 2.21 bits per heavy atom. The highest BCUT2D eigenvalue weighted by atomic mass is 79.9. The molecule has 1 N–H and O–H groups in total. The van der Waals surface area contributed by atoms with Gasteiger partial charge in [-0.3, -0.25) is 4.79 Å². The molecule has 0 unspecified atom stereocenters. The van der Waals surface area contributed by atoms with Gasteiger partial charge in [0.1, 0.15) is 5.75 Å². The van der Waals surface area contributed by atoms with Gasteiger partial charge in [-0.15, -0.1) is 11.3 Å². The second-order valence-corrected chi connectivity index (χ2v) is 6.38. The standard InChI is InChI=1S/C13H11BrClNO2S/c1-16(6-10-5-9(14)7-19-10)13(18)8-2-3-12(17)11(15)4-8/h2-5,7,17H,6H2,1H3. The van der Waals surface area contributed by atoms with E-state index in [-0.39, 0.29) is 16.7 Å². The van der Waals surface area contributed by atoms with Gasteiger partial charge >= 0.3 is 0 Å². The number of hydrogen-bond donors (Lipinski definition) is 1. The van der Waals surface area contributed by atoms with Crippen LogP contribution in [0.4, 0.5) is 0 Å². The van der Waals surface area contributed by atoms with Crippen LogP contribution in [0.15, 0.2) is 34.1 Å². The summed E-state index contributed by atoms with van der Waals surface area (Å²) < 4.78 is 1.01. The first-order valence-electron chi connectivity index (χ1n) is 5.44. The predicted molar refractivity (Wildman–Crippen MR) is 80.9 cm³/mol. The maximum Gasteiger partial charge on any atom is 0.253 e. The highest BCUT2D eigenvalue weighted by Crippen LogP contribution is 2.25. The van der Waals surface area contributed by atoms with Gasteiger partial charge in [-0.2, -0.15) is 0 Å². The van der Waals surface area contributed by atoms with Crippen LogP contribution in [0, 0.1) is 0 Å². The molecule has 0 saturated carbocycles. The number of thiophene rings is 1. The van der Waals surface area contributed by atoms with Crippen molar-refractivity contribution in [1.82, 2.24) is 4.90 Å². The quantitative estimate of drug-likeness (QED) is 0.893. The first-order chi connectivity index (χ1) is 8.97. The van der Waals surface area contributed by atoms with E-state index in [1.165, 1.54) is 12.1 Å². The smallest absolute Gasteiger partial charge is 0.253 e. The van der Waals surface area contributed by atoms with Crippen LogP contribution < -0.4 is 0 Å². The molecule has 0 aliphatic heterocycles. The fourth-order valence-corrected chi connectivity index (χ4v) is 3.29. The van der Waals surface area contributed by atoms with Crippen molar-refractivity contribution >= 4 is 44.8 Å². The zero-order valence-corrected chi connectivity index (χ0v) is 13.2. The first-order valence-corrected chi connectivity index (χ1v) is 7.49. The van der Waals surface area contributed by atoms with E-state index < -0.39 is 0 Å². The molecule has 0 atom stereocenters. The molecule has 1 amide bonds. The van der Waals surface area contributed by atoms with E-state index in [0.717, 1.165) is 9.35 Å². The number of nitrogens with zero attached hydrogens (tertiary/aromatic N) is 1. The SMILES string of the molecule is CN(Cc1cc(Br)cs1)C(=O)c1ccc(O)c(Cl)c1. The highest BCUT2D eigenvalue weighted by molar-refractivity contribution is 9.10. The minimum Gasteiger partial charge on any atom is -0.506 e. The Bertz CT molecular complexity index is 614. The van der Waals surface area contributed by atoms with Gasteiger partial charge in [0.15, 0.2) is 0 Å². The van der Waals surface area contributed by atoms with E-state index in [2.05, 4.69) is 15.9 Å². The molecule has 0 fully saturated rings. The molecular formula is C13H11BrClNO2S. The zero-order chi connectivity index (χ0) is 14.0. The Hall–Kier alpha value is -1.04. The lowest BCUT2D eigenvalue weighted by molar-refractivity contribution is 0.0786. The van der Waals surface area contributed by atoms with E-state index in [1.54, 1.807) is 29.4 Å². The molecule has 2 aromatic rings. The van der Waals surface area contributed by atoms with Crippen LogP contribution in [0.3, 0.4) is 0 Å². The summed E-state index contributed by atoms with van der Waals surface area (Å²) in [6.07, 6.45) is 0. The van der Waals surface area contributed by atoms with Crippen molar-refractivity contribution in [2.24, 2.45) is 0 Å². The van der Waals surface area contributed by atoms with Crippen LogP contribution in [0.2, 0.25) is 5.02 Å². The van der Waals surface area contributed by atoms with Gasteiger partial charge in [-0.05, 0) is 40.2 Å². The van der Waals surface area contributed by atoms with Gasteiger partial charge in [-0.25, -0.2) is 0 Å². The average Bonchev–Trinajstić information content (AvgIpc) is 2.77. The van der Waals surface area contributed by atoms with Crippen LogP contribution >= 0.6 is 38.9 Å². The number of rotatable bonds is 3. The van der Waals surface area contributed by atoms with Crippen LogP contribution in [0.5, 0.6) is 5.75 Å². The molecule has 0 aliphatic carbocycles. The van der Waals surface area contributed by atoms with Crippen LogP contribution in [-0.2, 0) is 6.54 Å². The molecule has 19 heavy (non-hydrogen) atoms. The first kappa shape index (κ1) is 14.4. The molecule has 1 aromatic heterocycles. The minimum atomic E-state index is -0.133. The molecule has 0 aliphatic rings. The van der Waals surface area contributed by atoms with Crippen LogP contribution in [-0.4, -0.2) is 23.0 Å². The number of phenolic OH excluding ortho intramolecular Hbond substituents is 1. The summed E-state index contributed by atoms with van der Waals surface area (Å²) in [5.41, 5.74) is 0.459. The number of amides is 1. The number of halogens is 2. The molecule has 0 bridgehead atoms. The summed E-state index contributed by atoms with van der Waals surface area (Å²) in [6.45, 7) is 0.535. The summed E-state index contributed by atoms with van der Waals surface area (Å²) in [7, 11) is 1.73. The third-order valence-electron chi connectivity index (χ3n) is 2.56. The van der Waals surface area contributed by atoms with E-state index >= 15 is 0 Å². The van der Waals surface area contributed by atoms with Crippen molar-refractivity contribution in [1.29, 1.82) is 0 Å². The topological polar surface area (TPSA) is 40.5 Å². The average molecular weight is 361 g/mol. The molecule has 2 rings (SSSR count). The Morgan fingerprint density at radius 1 is 1.47 bits per heavy atom. The van der Waals surface area contributed by atoms with Crippen molar-refractivity contribution in [2.75, 3.05) is 7.05 Å². The van der Waals surface area contributed by atoms with E-state index in [0.29, 0.717) is 12.1 Å². The molecule has 0 saturated heterocycles. The monoisotopic (exact) mass is 359 g/mol. The van der Waals surface area contributed by atoms with Crippen molar-refractivity contribution in [2.45, 2.75) is 6.54 Å². The molecule has 100 valence electrons. The normalized spacial score (nSPS) is 10.5. The maximum atomic E-state index is 12.2. The number of carbonyl (C=O) groups excluding carboxylic acids is 1.